The number of carbonyl (C=O) groups is 2. The normalized spacial score (nSPS) is 41.8. The third-order valence-corrected chi connectivity index (χ3v) is 3.66. The molecule has 15 heavy (non-hydrogen) atoms. The van der Waals surface area contributed by atoms with Gasteiger partial charge in [-0.05, 0) is 0 Å². The first kappa shape index (κ1) is 9.54. The number of nitrogens with zero attached hydrogens (tertiary/aromatic N) is 1. The molecule has 80 valence electrons. The number of carbonyl (C=O) groups excluding carboxylic acids is 2. The predicted molar refractivity (Wildman–Crippen MR) is 55.3 cm³/mol. The Labute approximate surface area is 95.4 Å². The Morgan fingerprint density at radius 1 is 1.20 bits per heavy atom. The maximum Gasteiger partial charge on any atom is 0.236 e. The Bertz CT molecular complexity index is 338. The number of alkyl halides is 1. The number of amides is 2. The molecule has 2 fully saturated rings. The molecule has 0 saturated carbocycles. The summed E-state index contributed by atoms with van der Waals surface area (Å²) in [4.78, 5) is 25.3. The second-order valence-electron chi connectivity index (χ2n) is 4.02. The summed E-state index contributed by atoms with van der Waals surface area (Å²) in [5.41, 5.74) is 0. The highest BCUT2D eigenvalue weighted by molar-refractivity contribution is 9.09. The van der Waals surface area contributed by atoms with Gasteiger partial charge in [-0.1, -0.05) is 28.1 Å². The van der Waals surface area contributed by atoms with Gasteiger partial charge in [0.2, 0.25) is 11.8 Å². The minimum absolute atomic E-state index is 0.0682. The summed E-state index contributed by atoms with van der Waals surface area (Å²) >= 11 is 3.25. The van der Waals surface area contributed by atoms with Crippen molar-refractivity contribution >= 4 is 27.7 Å². The molecular weight excluding hydrogens is 262 g/mol. The molecule has 4 atom stereocenters. The molecule has 0 aromatic carbocycles. The summed E-state index contributed by atoms with van der Waals surface area (Å²) in [6, 6.07) is 0. The van der Waals surface area contributed by atoms with Gasteiger partial charge in [0.1, 0.15) is 0 Å². The summed E-state index contributed by atoms with van der Waals surface area (Å²) < 4.78 is 5.52. The van der Waals surface area contributed by atoms with Gasteiger partial charge in [-0.15, -0.1) is 0 Å². The van der Waals surface area contributed by atoms with Crippen molar-refractivity contribution in [3.8, 4) is 0 Å². The van der Waals surface area contributed by atoms with Crippen molar-refractivity contribution in [3.63, 3.8) is 0 Å². The zero-order chi connectivity index (χ0) is 10.6. The van der Waals surface area contributed by atoms with Crippen molar-refractivity contribution in [2.24, 2.45) is 11.8 Å². The minimum atomic E-state index is -0.258. The lowest BCUT2D eigenvalue weighted by Crippen LogP contribution is -2.35. The van der Waals surface area contributed by atoms with E-state index in [1.165, 1.54) is 4.90 Å². The van der Waals surface area contributed by atoms with Crippen LogP contribution in [0.2, 0.25) is 0 Å². The van der Waals surface area contributed by atoms with Crippen LogP contribution in [0.1, 0.15) is 0 Å². The topological polar surface area (TPSA) is 46.6 Å². The third-order valence-electron chi connectivity index (χ3n) is 3.31. The van der Waals surface area contributed by atoms with Crippen molar-refractivity contribution in [3.05, 3.63) is 12.2 Å². The van der Waals surface area contributed by atoms with E-state index in [0.717, 1.165) is 0 Å². The molecular formula is C10H10BrNO3. The van der Waals surface area contributed by atoms with Gasteiger partial charge in [-0.25, -0.2) is 0 Å². The van der Waals surface area contributed by atoms with Crippen molar-refractivity contribution in [1.29, 1.82) is 0 Å². The van der Waals surface area contributed by atoms with Gasteiger partial charge in [-0.2, -0.15) is 0 Å². The zero-order valence-electron chi connectivity index (χ0n) is 7.93. The van der Waals surface area contributed by atoms with E-state index in [9.17, 15) is 9.59 Å². The molecule has 4 unspecified atom stereocenters. The van der Waals surface area contributed by atoms with Crippen molar-refractivity contribution in [2.75, 3.05) is 11.9 Å². The quantitative estimate of drug-likeness (QED) is 0.413. The molecule has 3 heterocycles. The first-order valence-electron chi connectivity index (χ1n) is 4.99. The van der Waals surface area contributed by atoms with E-state index in [0.29, 0.717) is 11.9 Å². The van der Waals surface area contributed by atoms with Crippen LogP contribution in [0, 0.1) is 11.8 Å². The van der Waals surface area contributed by atoms with Crippen LogP contribution in [0.25, 0.3) is 0 Å². The van der Waals surface area contributed by atoms with Crippen LogP contribution in [-0.2, 0) is 14.3 Å². The summed E-state index contributed by atoms with van der Waals surface area (Å²) in [6.07, 6.45) is 3.46. The Hall–Kier alpha value is -0.680. The molecule has 0 N–H and O–H groups in total. The van der Waals surface area contributed by atoms with Crippen molar-refractivity contribution in [2.45, 2.75) is 12.2 Å². The largest absolute Gasteiger partial charge is 0.365 e. The zero-order valence-corrected chi connectivity index (χ0v) is 9.51. The van der Waals surface area contributed by atoms with Crippen molar-refractivity contribution in [1.82, 2.24) is 4.90 Å². The predicted octanol–water partition coefficient (Wildman–Crippen LogP) is 0.320. The van der Waals surface area contributed by atoms with Crippen LogP contribution in [0.4, 0.5) is 0 Å². The van der Waals surface area contributed by atoms with Crippen LogP contribution in [0.3, 0.4) is 0 Å². The van der Waals surface area contributed by atoms with Gasteiger partial charge in [0, 0.05) is 11.9 Å². The summed E-state index contributed by atoms with van der Waals surface area (Å²) in [7, 11) is 0. The Balaban J connectivity index is 1.93. The number of hydrogen-bond donors (Lipinski definition) is 0. The summed E-state index contributed by atoms with van der Waals surface area (Å²) in [5, 5.41) is 0.632. The van der Waals surface area contributed by atoms with Gasteiger partial charge >= 0.3 is 0 Å². The molecule has 3 aliphatic heterocycles. The van der Waals surface area contributed by atoms with Crippen LogP contribution in [0.5, 0.6) is 0 Å². The maximum absolute atomic E-state index is 11.9. The number of halogens is 1. The number of ether oxygens (including phenoxy) is 1. The molecule has 0 spiro atoms. The van der Waals surface area contributed by atoms with E-state index in [4.69, 9.17) is 4.74 Å². The summed E-state index contributed by atoms with van der Waals surface area (Å²) in [6.45, 7) is 0.462. The van der Waals surface area contributed by atoms with Crippen LogP contribution in [0.15, 0.2) is 12.2 Å². The van der Waals surface area contributed by atoms with E-state index >= 15 is 0 Å². The monoisotopic (exact) mass is 271 g/mol. The molecule has 0 radical (unpaired) electrons. The van der Waals surface area contributed by atoms with E-state index in [2.05, 4.69) is 15.9 Å². The van der Waals surface area contributed by atoms with Gasteiger partial charge in [-0.3, -0.25) is 14.5 Å². The van der Waals surface area contributed by atoms with Crippen LogP contribution >= 0.6 is 15.9 Å². The van der Waals surface area contributed by atoms with Gasteiger partial charge in [0.05, 0.1) is 24.0 Å². The lowest BCUT2D eigenvalue weighted by molar-refractivity contribution is -0.141. The van der Waals surface area contributed by atoms with Crippen molar-refractivity contribution < 1.29 is 14.3 Å². The van der Waals surface area contributed by atoms with Crippen LogP contribution < -0.4 is 0 Å². The smallest absolute Gasteiger partial charge is 0.236 e. The van der Waals surface area contributed by atoms with Gasteiger partial charge < -0.3 is 4.74 Å². The second kappa shape index (κ2) is 3.15. The molecule has 3 aliphatic rings. The number of rotatable bonds is 2. The lowest BCUT2D eigenvalue weighted by atomic mass is 9.85. The second-order valence-corrected chi connectivity index (χ2v) is 4.81. The average Bonchev–Trinajstić information content (AvgIpc) is 2.87. The van der Waals surface area contributed by atoms with E-state index < -0.39 is 0 Å². The van der Waals surface area contributed by atoms with Gasteiger partial charge in [0.15, 0.2) is 0 Å². The molecule has 0 aromatic rings. The highest BCUT2D eigenvalue weighted by Gasteiger charge is 2.60. The third kappa shape index (κ3) is 1.10. The van der Waals surface area contributed by atoms with Crippen LogP contribution in [-0.4, -0.2) is 40.8 Å². The standard InChI is InChI=1S/C10H10BrNO3/c11-3-4-12-9(13)7-5-1-2-6(15-5)8(7)10(12)14/h1-2,5-8H,3-4H2. The molecule has 3 rings (SSSR count). The summed E-state index contributed by atoms with van der Waals surface area (Å²) in [5.74, 6) is -0.652. The number of fused-ring (bicyclic) bond motifs is 5. The Kier molecular flexibility index (Phi) is 2.01. The van der Waals surface area contributed by atoms with Gasteiger partial charge in [0.25, 0.3) is 0 Å². The van der Waals surface area contributed by atoms with E-state index in [-0.39, 0.29) is 35.9 Å². The highest BCUT2D eigenvalue weighted by atomic mass is 79.9. The lowest BCUT2D eigenvalue weighted by Gasteiger charge is -2.15. The fourth-order valence-electron chi connectivity index (χ4n) is 2.67. The number of likely N-dealkylation sites (tertiary alicyclic amines) is 1. The first-order chi connectivity index (χ1) is 7.24. The number of hydrogen-bond acceptors (Lipinski definition) is 3. The molecule has 0 aromatic heterocycles. The Morgan fingerprint density at radius 3 is 2.20 bits per heavy atom. The average molecular weight is 272 g/mol. The first-order valence-corrected chi connectivity index (χ1v) is 6.11. The molecule has 2 saturated heterocycles. The maximum atomic E-state index is 11.9. The molecule has 2 bridgehead atoms. The highest BCUT2D eigenvalue weighted by Crippen LogP contribution is 2.44. The molecule has 4 nitrogen and oxygen atoms in total. The Morgan fingerprint density at radius 2 is 1.73 bits per heavy atom. The SMILES string of the molecule is O=C1C2C3C=CC(O3)C2C(=O)N1CCBr. The number of imide groups is 1. The molecule has 2 amide bonds. The minimum Gasteiger partial charge on any atom is -0.365 e. The fourth-order valence-corrected chi connectivity index (χ4v) is 3.02. The van der Waals surface area contributed by atoms with E-state index in [1.807, 2.05) is 12.2 Å². The fraction of sp³-hybridized carbons (Fsp3) is 0.600. The van der Waals surface area contributed by atoms with E-state index in [1.54, 1.807) is 0 Å². The molecule has 0 aliphatic carbocycles. The molecule has 5 heteroatoms.